The van der Waals surface area contributed by atoms with Gasteiger partial charge in [0.25, 0.3) is 0 Å². The van der Waals surface area contributed by atoms with Gasteiger partial charge in [0.2, 0.25) is 0 Å². The molecule has 0 aromatic rings. The van der Waals surface area contributed by atoms with Crippen molar-refractivity contribution in [2.24, 2.45) is 11.8 Å². The minimum Gasteiger partial charge on any atom is -0.321 e. The number of likely N-dealkylation sites (tertiary alicyclic amines) is 2. The number of sulfone groups is 2. The van der Waals surface area contributed by atoms with Crippen LogP contribution in [0.25, 0.3) is 0 Å². The van der Waals surface area contributed by atoms with Gasteiger partial charge in [0.15, 0.2) is 0 Å². The topological polar surface area (TPSA) is 91.8 Å². The van der Waals surface area contributed by atoms with Crippen LogP contribution in [-0.4, -0.2) is 81.9 Å². The minimum atomic E-state index is -3.04. The van der Waals surface area contributed by atoms with E-state index in [0.29, 0.717) is 13.1 Å². The second-order valence-electron chi connectivity index (χ2n) is 6.77. The first kappa shape index (κ1) is 17.5. The Bertz CT molecular complexity index is 602. The molecule has 9 heteroatoms. The van der Waals surface area contributed by atoms with Gasteiger partial charge in [-0.15, -0.1) is 0 Å². The van der Waals surface area contributed by atoms with Gasteiger partial charge in [0, 0.05) is 49.5 Å². The predicted octanol–water partition coefficient (Wildman–Crippen LogP) is -0.164. The van der Waals surface area contributed by atoms with Gasteiger partial charge in [-0.25, -0.2) is 21.6 Å². The van der Waals surface area contributed by atoms with Crippen LogP contribution in [0.3, 0.4) is 0 Å². The fraction of sp³-hybridized carbons (Fsp3) is 0.923. The van der Waals surface area contributed by atoms with Gasteiger partial charge in [-0.1, -0.05) is 0 Å². The molecule has 4 atom stereocenters. The molecule has 0 saturated carbocycles. The largest absolute Gasteiger partial charge is 0.321 e. The molecule has 2 aliphatic heterocycles. The lowest BCUT2D eigenvalue weighted by Gasteiger charge is -2.53. The second kappa shape index (κ2) is 5.67. The van der Waals surface area contributed by atoms with Crippen LogP contribution in [0, 0.1) is 11.8 Å². The Kier molecular flexibility index (Phi) is 4.51. The van der Waals surface area contributed by atoms with Gasteiger partial charge in [0.1, 0.15) is 19.7 Å². The van der Waals surface area contributed by atoms with E-state index in [1.54, 1.807) is 9.80 Å². The lowest BCUT2D eigenvalue weighted by Crippen LogP contribution is -2.68. The Balaban J connectivity index is 1.88. The smallest absolute Gasteiger partial charge is 0.320 e. The van der Waals surface area contributed by atoms with E-state index in [2.05, 4.69) is 0 Å². The SMILES string of the molecule is C[C@H]1[C@H](CS(C)(=O)=O)CN1C(=O)N1C[C@@H](CS(C)(=O)=O)[C@@H]1C. The number of carbonyl (C=O) groups excluding carboxylic acids is 1. The van der Waals surface area contributed by atoms with Crippen molar-refractivity contribution >= 4 is 25.7 Å². The Hall–Kier alpha value is -0.830. The zero-order chi connectivity index (χ0) is 16.9. The van der Waals surface area contributed by atoms with Crippen molar-refractivity contribution in [3.63, 3.8) is 0 Å². The molecular formula is C13H24N2O5S2. The molecule has 22 heavy (non-hydrogen) atoms. The molecule has 2 heterocycles. The van der Waals surface area contributed by atoms with Crippen LogP contribution in [0.1, 0.15) is 13.8 Å². The lowest BCUT2D eigenvalue weighted by molar-refractivity contribution is 0.00423. The number of amides is 2. The highest BCUT2D eigenvalue weighted by Crippen LogP contribution is 2.32. The molecule has 128 valence electrons. The molecule has 2 rings (SSSR count). The summed E-state index contributed by atoms with van der Waals surface area (Å²) in [5.41, 5.74) is 0. The summed E-state index contributed by atoms with van der Waals surface area (Å²) in [4.78, 5) is 15.7. The monoisotopic (exact) mass is 352 g/mol. The molecule has 2 fully saturated rings. The Morgan fingerprint density at radius 1 is 0.864 bits per heavy atom. The predicted molar refractivity (Wildman–Crippen MR) is 84.1 cm³/mol. The van der Waals surface area contributed by atoms with Crippen molar-refractivity contribution in [1.29, 1.82) is 0 Å². The molecule has 0 bridgehead atoms. The summed E-state index contributed by atoms with van der Waals surface area (Å²) in [6, 6.07) is -0.304. The van der Waals surface area contributed by atoms with Crippen molar-refractivity contribution in [2.75, 3.05) is 37.1 Å². The van der Waals surface area contributed by atoms with Crippen LogP contribution in [0.4, 0.5) is 4.79 Å². The molecule has 0 unspecified atom stereocenters. The first-order valence-corrected chi connectivity index (χ1v) is 11.4. The van der Waals surface area contributed by atoms with E-state index < -0.39 is 19.7 Å². The molecule has 0 aliphatic carbocycles. The van der Waals surface area contributed by atoms with E-state index in [-0.39, 0.29) is 41.5 Å². The molecular weight excluding hydrogens is 328 g/mol. The first-order chi connectivity index (χ1) is 9.89. The molecule has 7 nitrogen and oxygen atoms in total. The molecule has 2 aliphatic rings. The highest BCUT2D eigenvalue weighted by atomic mass is 32.2. The number of rotatable bonds is 4. The molecule has 0 spiro atoms. The van der Waals surface area contributed by atoms with E-state index >= 15 is 0 Å². The summed E-state index contributed by atoms with van der Waals surface area (Å²) >= 11 is 0. The number of nitrogens with zero attached hydrogens (tertiary/aromatic N) is 2. The quantitative estimate of drug-likeness (QED) is 0.701. The maximum atomic E-state index is 12.4. The average molecular weight is 352 g/mol. The van der Waals surface area contributed by atoms with Gasteiger partial charge < -0.3 is 9.80 Å². The number of hydrogen-bond donors (Lipinski definition) is 0. The fourth-order valence-corrected chi connectivity index (χ4v) is 5.53. The molecule has 0 N–H and O–H groups in total. The van der Waals surface area contributed by atoms with Crippen molar-refractivity contribution in [2.45, 2.75) is 25.9 Å². The third-order valence-electron chi connectivity index (χ3n) is 4.74. The van der Waals surface area contributed by atoms with E-state index in [4.69, 9.17) is 0 Å². The van der Waals surface area contributed by atoms with Crippen LogP contribution in [-0.2, 0) is 19.7 Å². The van der Waals surface area contributed by atoms with Gasteiger partial charge in [0.05, 0.1) is 11.5 Å². The van der Waals surface area contributed by atoms with Crippen molar-refractivity contribution in [1.82, 2.24) is 9.80 Å². The summed E-state index contributed by atoms with van der Waals surface area (Å²) < 4.78 is 45.3. The Labute approximate surface area is 132 Å². The third kappa shape index (κ3) is 3.73. The summed E-state index contributed by atoms with van der Waals surface area (Å²) in [5, 5.41) is 0. The van der Waals surface area contributed by atoms with Crippen LogP contribution < -0.4 is 0 Å². The zero-order valence-corrected chi connectivity index (χ0v) is 15.0. The third-order valence-corrected chi connectivity index (χ3v) is 6.80. The molecule has 0 aromatic carbocycles. The van der Waals surface area contributed by atoms with Gasteiger partial charge in [-0.05, 0) is 13.8 Å². The number of carbonyl (C=O) groups is 1. The average Bonchev–Trinajstić information content (AvgIpc) is 2.35. The van der Waals surface area contributed by atoms with Crippen LogP contribution in [0.15, 0.2) is 0 Å². The zero-order valence-electron chi connectivity index (χ0n) is 13.4. The molecule has 0 aromatic heterocycles. The number of hydrogen-bond acceptors (Lipinski definition) is 5. The van der Waals surface area contributed by atoms with Crippen molar-refractivity contribution in [3.05, 3.63) is 0 Å². The van der Waals surface area contributed by atoms with Gasteiger partial charge >= 0.3 is 6.03 Å². The lowest BCUT2D eigenvalue weighted by atomic mass is 9.89. The maximum absolute atomic E-state index is 12.4. The van der Waals surface area contributed by atoms with E-state index in [1.807, 2.05) is 13.8 Å². The van der Waals surface area contributed by atoms with Gasteiger partial charge in [-0.3, -0.25) is 0 Å². The van der Waals surface area contributed by atoms with E-state index in [1.165, 1.54) is 12.5 Å². The maximum Gasteiger partial charge on any atom is 0.320 e. The fourth-order valence-electron chi connectivity index (χ4n) is 3.21. The van der Waals surface area contributed by atoms with Crippen LogP contribution in [0.2, 0.25) is 0 Å². The molecule has 0 radical (unpaired) electrons. The Morgan fingerprint density at radius 3 is 1.41 bits per heavy atom. The summed E-state index contributed by atoms with van der Waals surface area (Å²) in [5.74, 6) is 0.179. The highest BCUT2D eigenvalue weighted by molar-refractivity contribution is 7.90. The standard InChI is InChI=1S/C13H24N2O5S2/c1-9-11(7-21(3,17)18)5-14(9)13(16)15-6-12(10(15)2)8-22(4,19)20/h9-12H,5-8H2,1-4H3/t9-,10-,11-,12-/m0/s1. The van der Waals surface area contributed by atoms with E-state index in [9.17, 15) is 21.6 Å². The van der Waals surface area contributed by atoms with E-state index in [0.717, 1.165) is 0 Å². The van der Waals surface area contributed by atoms with Crippen LogP contribution >= 0.6 is 0 Å². The normalized spacial score (nSPS) is 32.4. The molecule has 2 saturated heterocycles. The first-order valence-electron chi connectivity index (χ1n) is 7.32. The van der Waals surface area contributed by atoms with Crippen molar-refractivity contribution in [3.8, 4) is 0 Å². The summed E-state index contributed by atoms with van der Waals surface area (Å²) in [6.07, 6.45) is 2.41. The summed E-state index contributed by atoms with van der Waals surface area (Å²) in [7, 11) is -6.07. The van der Waals surface area contributed by atoms with Crippen molar-refractivity contribution < 1.29 is 21.6 Å². The highest BCUT2D eigenvalue weighted by Gasteiger charge is 2.47. The minimum absolute atomic E-state index is 0.0117. The van der Waals surface area contributed by atoms with Gasteiger partial charge in [-0.2, -0.15) is 0 Å². The number of urea groups is 1. The Morgan fingerprint density at radius 2 is 1.18 bits per heavy atom. The summed E-state index contributed by atoms with van der Waals surface area (Å²) in [6.45, 7) is 4.62. The second-order valence-corrected chi connectivity index (χ2v) is 11.1. The van der Waals surface area contributed by atoms with Crippen LogP contribution in [0.5, 0.6) is 0 Å². The molecule has 2 amide bonds.